The lowest BCUT2D eigenvalue weighted by Gasteiger charge is -2.13. The molecule has 7 nitrogen and oxygen atoms in total. The highest BCUT2D eigenvalue weighted by Crippen LogP contribution is 2.34. The fourth-order valence-electron chi connectivity index (χ4n) is 1.93. The van der Waals surface area contributed by atoms with Gasteiger partial charge in [-0.3, -0.25) is 14.6 Å². The second-order valence-corrected chi connectivity index (χ2v) is 5.15. The van der Waals surface area contributed by atoms with E-state index in [2.05, 4.69) is 25.8 Å². The molecule has 1 heterocycles. The fourth-order valence-corrected chi connectivity index (χ4v) is 1.93. The van der Waals surface area contributed by atoms with E-state index in [4.69, 9.17) is 0 Å². The van der Waals surface area contributed by atoms with Gasteiger partial charge in [-0.25, -0.2) is 10.4 Å². The quantitative estimate of drug-likeness (QED) is 0.629. The van der Waals surface area contributed by atoms with Crippen molar-refractivity contribution in [2.75, 3.05) is 5.32 Å². The highest BCUT2D eigenvalue weighted by molar-refractivity contribution is 6.06. The number of hydrazone groups is 1. The number of amides is 2. The summed E-state index contributed by atoms with van der Waals surface area (Å²) in [4.78, 5) is 31.2. The summed E-state index contributed by atoms with van der Waals surface area (Å²) in [6.07, 6.45) is -0.920. The van der Waals surface area contributed by atoms with Crippen LogP contribution in [0.15, 0.2) is 48.0 Å². The fraction of sp³-hybridized carbons (Fsp3) is 0.188. The molecule has 0 unspecified atom stereocenters. The van der Waals surface area contributed by atoms with Crippen molar-refractivity contribution in [3.05, 3.63) is 54.1 Å². The molecule has 2 amide bonds. The molecule has 1 aromatic heterocycles. The molecule has 136 valence electrons. The number of hydrogen-bond acceptors (Lipinski definition) is 5. The van der Waals surface area contributed by atoms with E-state index in [0.29, 0.717) is 0 Å². The number of benzene rings is 1. The number of hydrogen-bond donors (Lipinski definition) is 2. The van der Waals surface area contributed by atoms with Crippen molar-refractivity contribution in [2.45, 2.75) is 19.5 Å². The van der Waals surface area contributed by atoms with Crippen LogP contribution in [0.4, 0.5) is 18.9 Å². The minimum absolute atomic E-state index is 0.0348. The third-order valence-corrected chi connectivity index (χ3v) is 3.07. The molecule has 1 aromatic carbocycles. The number of alkyl halides is 3. The molecular weight excluding hydrogens is 351 g/mol. The lowest BCUT2D eigenvalue weighted by atomic mass is 10.1. The van der Waals surface area contributed by atoms with Gasteiger partial charge in [0.25, 0.3) is 5.91 Å². The summed E-state index contributed by atoms with van der Waals surface area (Å²) in [5, 5.41) is 5.91. The first-order valence-corrected chi connectivity index (χ1v) is 7.33. The van der Waals surface area contributed by atoms with Gasteiger partial charge in [0.05, 0.1) is 23.9 Å². The number of halogens is 3. The van der Waals surface area contributed by atoms with Gasteiger partial charge in [0.2, 0.25) is 5.91 Å². The van der Waals surface area contributed by atoms with Crippen LogP contribution in [0.1, 0.15) is 29.4 Å². The Labute approximate surface area is 146 Å². The third kappa shape index (κ3) is 5.36. The molecule has 2 N–H and O–H groups in total. The molecule has 0 saturated carbocycles. The number of para-hydroxylation sites is 1. The molecule has 0 aliphatic rings. The molecular formula is C16H14F3N5O2. The van der Waals surface area contributed by atoms with Crippen molar-refractivity contribution in [1.82, 2.24) is 15.4 Å². The molecule has 0 bridgehead atoms. The number of carbonyl (C=O) groups is 2. The van der Waals surface area contributed by atoms with Gasteiger partial charge >= 0.3 is 6.18 Å². The van der Waals surface area contributed by atoms with E-state index in [9.17, 15) is 22.8 Å². The lowest BCUT2D eigenvalue weighted by molar-refractivity contribution is -0.137. The third-order valence-electron chi connectivity index (χ3n) is 3.07. The molecule has 0 radical (unpaired) electrons. The Morgan fingerprint density at radius 2 is 1.92 bits per heavy atom. The number of anilines is 1. The topological polar surface area (TPSA) is 96.3 Å². The number of nitrogens with one attached hydrogen (secondary N) is 2. The molecule has 2 rings (SSSR count). The van der Waals surface area contributed by atoms with Crippen molar-refractivity contribution in [1.29, 1.82) is 0 Å². The van der Waals surface area contributed by atoms with Gasteiger partial charge in [-0.15, -0.1) is 0 Å². The van der Waals surface area contributed by atoms with Gasteiger partial charge in [0, 0.05) is 18.1 Å². The smallest absolute Gasteiger partial charge is 0.325 e. The molecule has 2 aromatic rings. The van der Waals surface area contributed by atoms with Gasteiger partial charge < -0.3 is 5.32 Å². The zero-order chi connectivity index (χ0) is 19.2. The average molecular weight is 365 g/mol. The first-order valence-electron chi connectivity index (χ1n) is 7.33. The zero-order valence-electron chi connectivity index (χ0n) is 13.5. The normalized spacial score (nSPS) is 11.8. The molecule has 26 heavy (non-hydrogen) atoms. The van der Waals surface area contributed by atoms with Crippen molar-refractivity contribution in [3.63, 3.8) is 0 Å². The molecule has 0 atom stereocenters. The summed E-state index contributed by atoms with van der Waals surface area (Å²) in [6.45, 7) is 1.45. The molecule has 10 heteroatoms. The first kappa shape index (κ1) is 19.0. The summed E-state index contributed by atoms with van der Waals surface area (Å²) >= 11 is 0. The molecule has 0 aliphatic heterocycles. The SMILES string of the molecule is CC(CC(=O)Nc1ccccc1C(F)(F)F)=NNC(=O)c1cnccn1. The van der Waals surface area contributed by atoms with E-state index in [0.717, 1.165) is 12.1 Å². The number of aromatic nitrogens is 2. The van der Waals surface area contributed by atoms with Crippen LogP contribution in [0.2, 0.25) is 0 Å². The van der Waals surface area contributed by atoms with Crippen molar-refractivity contribution in [3.8, 4) is 0 Å². The Morgan fingerprint density at radius 3 is 2.58 bits per heavy atom. The predicted octanol–water partition coefficient (Wildman–Crippen LogP) is 2.63. The Morgan fingerprint density at radius 1 is 1.19 bits per heavy atom. The second-order valence-electron chi connectivity index (χ2n) is 5.15. The van der Waals surface area contributed by atoms with Crippen molar-refractivity contribution < 1.29 is 22.8 Å². The zero-order valence-corrected chi connectivity index (χ0v) is 13.5. The van der Waals surface area contributed by atoms with Crippen LogP contribution in [0, 0.1) is 0 Å². The maximum atomic E-state index is 12.9. The van der Waals surface area contributed by atoms with Crippen molar-refractivity contribution in [2.24, 2.45) is 5.10 Å². The van der Waals surface area contributed by atoms with Gasteiger partial charge in [-0.1, -0.05) is 12.1 Å². The molecule has 0 aliphatic carbocycles. The monoisotopic (exact) mass is 365 g/mol. The Hall–Kier alpha value is -3.30. The average Bonchev–Trinajstić information content (AvgIpc) is 2.60. The minimum Gasteiger partial charge on any atom is -0.325 e. The second kappa shape index (κ2) is 8.19. The van der Waals surface area contributed by atoms with Gasteiger partial charge in [0.15, 0.2) is 0 Å². The summed E-state index contributed by atoms with van der Waals surface area (Å²) in [5.74, 6) is -1.32. The minimum atomic E-state index is -4.59. The van der Waals surface area contributed by atoms with E-state index in [-0.39, 0.29) is 23.5 Å². The van der Waals surface area contributed by atoms with Crippen LogP contribution in [0.25, 0.3) is 0 Å². The highest BCUT2D eigenvalue weighted by Gasteiger charge is 2.33. The van der Waals surface area contributed by atoms with Gasteiger partial charge in [-0.05, 0) is 19.1 Å². The van der Waals surface area contributed by atoms with E-state index in [1.165, 1.54) is 37.6 Å². The summed E-state index contributed by atoms with van der Waals surface area (Å²) < 4.78 is 38.7. The molecule has 0 fully saturated rings. The summed E-state index contributed by atoms with van der Waals surface area (Å²) in [6, 6.07) is 4.64. The van der Waals surface area contributed by atoms with Crippen LogP contribution in [0.5, 0.6) is 0 Å². The standard InChI is InChI=1S/C16H14F3N5O2/c1-10(23-24-15(26)13-9-20-6-7-21-13)8-14(25)22-12-5-3-2-4-11(12)16(17,18)19/h2-7,9H,8H2,1H3,(H,22,25)(H,24,26). The van der Waals surface area contributed by atoms with E-state index >= 15 is 0 Å². The van der Waals surface area contributed by atoms with Crippen LogP contribution >= 0.6 is 0 Å². The predicted molar refractivity (Wildman–Crippen MR) is 87.3 cm³/mol. The lowest BCUT2D eigenvalue weighted by Crippen LogP contribution is -2.23. The number of carbonyl (C=O) groups excluding carboxylic acids is 2. The van der Waals surface area contributed by atoms with Crippen molar-refractivity contribution >= 4 is 23.2 Å². The van der Waals surface area contributed by atoms with E-state index < -0.39 is 23.6 Å². The summed E-state index contributed by atoms with van der Waals surface area (Å²) in [5.41, 5.74) is 1.13. The largest absolute Gasteiger partial charge is 0.418 e. The molecule has 0 spiro atoms. The van der Waals surface area contributed by atoms with Gasteiger partial charge in [-0.2, -0.15) is 18.3 Å². The number of nitrogens with zero attached hydrogens (tertiary/aromatic N) is 3. The Balaban J connectivity index is 1.97. The van der Waals surface area contributed by atoms with Crippen LogP contribution in [0.3, 0.4) is 0 Å². The first-order chi connectivity index (χ1) is 12.3. The Bertz CT molecular complexity index is 822. The van der Waals surface area contributed by atoms with Crippen LogP contribution in [-0.2, 0) is 11.0 Å². The maximum absolute atomic E-state index is 12.9. The van der Waals surface area contributed by atoms with E-state index in [1.807, 2.05) is 0 Å². The van der Waals surface area contributed by atoms with E-state index in [1.54, 1.807) is 0 Å². The molecule has 0 saturated heterocycles. The van der Waals surface area contributed by atoms with Gasteiger partial charge in [0.1, 0.15) is 5.69 Å². The summed E-state index contributed by atoms with van der Waals surface area (Å²) in [7, 11) is 0. The van der Waals surface area contributed by atoms with Crippen LogP contribution < -0.4 is 10.7 Å². The van der Waals surface area contributed by atoms with Crippen LogP contribution in [-0.4, -0.2) is 27.5 Å². The maximum Gasteiger partial charge on any atom is 0.418 e. The number of rotatable bonds is 5. The Kier molecular flexibility index (Phi) is 5.99. The highest BCUT2D eigenvalue weighted by atomic mass is 19.4.